The molecule has 2 fully saturated rings. The van der Waals surface area contributed by atoms with Crippen LogP contribution in [0.2, 0.25) is 0 Å². The van der Waals surface area contributed by atoms with Crippen molar-refractivity contribution in [1.82, 2.24) is 0 Å². The molecule has 2 saturated carbocycles. The number of benzene rings is 3. The van der Waals surface area contributed by atoms with E-state index in [-0.39, 0.29) is 17.6 Å². The van der Waals surface area contributed by atoms with Gasteiger partial charge in [-0.1, -0.05) is 86.6 Å². The van der Waals surface area contributed by atoms with Crippen LogP contribution in [0.1, 0.15) is 113 Å². The van der Waals surface area contributed by atoms with Gasteiger partial charge in [0.25, 0.3) is 0 Å². The van der Waals surface area contributed by atoms with Crippen LogP contribution in [0.15, 0.2) is 54.6 Å². The van der Waals surface area contributed by atoms with Crippen molar-refractivity contribution in [2.45, 2.75) is 84.7 Å². The third-order valence-corrected chi connectivity index (χ3v) is 10.5. The molecular weight excluding hydrogens is 550 g/mol. The fraction of sp³-hybridized carbons (Fsp3) is 0.447. The molecule has 4 nitrogen and oxygen atoms in total. The average Bonchev–Trinajstić information content (AvgIpc) is 2.99. The molecule has 0 spiro atoms. The molecule has 43 heavy (non-hydrogen) atoms. The number of hydrogen-bond acceptors (Lipinski definition) is 5. The quantitative estimate of drug-likeness (QED) is 0.132. The summed E-state index contributed by atoms with van der Waals surface area (Å²) in [4.78, 5) is 28.2. The van der Waals surface area contributed by atoms with E-state index in [0.717, 1.165) is 49.0 Å². The number of fused-ring (bicyclic) bond motifs is 3. The fourth-order valence-corrected chi connectivity index (χ4v) is 8.33. The minimum atomic E-state index is -0.400. The molecule has 3 aliphatic carbocycles. The summed E-state index contributed by atoms with van der Waals surface area (Å²) in [6, 6.07) is 17.6. The smallest absolute Gasteiger partial charge is 0.340 e. The van der Waals surface area contributed by atoms with Crippen molar-refractivity contribution in [3.05, 3.63) is 99.1 Å². The first kappa shape index (κ1) is 29.7. The van der Waals surface area contributed by atoms with E-state index in [1.807, 2.05) is 30.3 Å². The Labute approximate surface area is 261 Å². The highest BCUT2D eigenvalue weighted by molar-refractivity contribution is 7.81. The normalized spacial score (nSPS) is 23.0. The van der Waals surface area contributed by atoms with Gasteiger partial charge >= 0.3 is 5.97 Å². The number of nitrogen functional groups attached to an aromatic ring is 1. The molecule has 0 bridgehead atoms. The molecular formula is C38H43NO3S. The Morgan fingerprint density at radius 1 is 0.930 bits per heavy atom. The Morgan fingerprint density at radius 3 is 2.37 bits per heavy atom. The van der Waals surface area contributed by atoms with E-state index >= 15 is 0 Å². The average molecular weight is 594 g/mol. The summed E-state index contributed by atoms with van der Waals surface area (Å²) in [5.74, 6) is 2.48. The number of thiocarbonyl (C=S) groups is 1. The van der Waals surface area contributed by atoms with Crippen molar-refractivity contribution in [3.63, 3.8) is 0 Å². The van der Waals surface area contributed by atoms with Crippen molar-refractivity contribution in [1.29, 1.82) is 0 Å². The second-order valence-corrected chi connectivity index (χ2v) is 14.0. The highest BCUT2D eigenvalue weighted by Gasteiger charge is 2.38. The zero-order chi connectivity index (χ0) is 30.2. The van der Waals surface area contributed by atoms with Crippen molar-refractivity contribution in [3.8, 4) is 0 Å². The van der Waals surface area contributed by atoms with E-state index < -0.39 is 5.97 Å². The predicted molar refractivity (Wildman–Crippen MR) is 177 cm³/mol. The van der Waals surface area contributed by atoms with Crippen molar-refractivity contribution in [2.75, 3.05) is 5.73 Å². The molecule has 3 aromatic carbocycles. The monoisotopic (exact) mass is 593 g/mol. The van der Waals surface area contributed by atoms with Gasteiger partial charge in [0.05, 0.1) is 16.1 Å². The lowest BCUT2D eigenvalue weighted by atomic mass is 9.65. The second-order valence-electron chi connectivity index (χ2n) is 13.6. The molecule has 0 heterocycles. The van der Waals surface area contributed by atoms with Gasteiger partial charge < -0.3 is 10.5 Å². The van der Waals surface area contributed by atoms with Gasteiger partial charge in [0.2, 0.25) is 0 Å². The molecule has 224 valence electrons. The Bertz CT molecular complexity index is 1560. The van der Waals surface area contributed by atoms with E-state index in [2.05, 4.69) is 45.0 Å². The van der Waals surface area contributed by atoms with E-state index in [0.29, 0.717) is 45.0 Å². The molecule has 5 heteroatoms. The van der Waals surface area contributed by atoms with Gasteiger partial charge in [0.15, 0.2) is 5.78 Å². The molecule has 0 radical (unpaired) electrons. The van der Waals surface area contributed by atoms with E-state index in [1.165, 1.54) is 36.8 Å². The maximum atomic E-state index is 13.9. The maximum absolute atomic E-state index is 13.9. The number of anilines is 1. The molecule has 0 amide bonds. The highest BCUT2D eigenvalue weighted by atomic mass is 32.1. The Kier molecular flexibility index (Phi) is 8.55. The van der Waals surface area contributed by atoms with Crippen LogP contribution in [0.3, 0.4) is 0 Å². The SMILES string of the molecule is Cc1ccc(CCc2cc(C(=O)OC3CCC4CC(CC(C)C)CCC4C3)c(N)c3c2C(=O)c2ccccc2C3=S)cc1. The van der Waals surface area contributed by atoms with Crippen LogP contribution >= 0.6 is 12.2 Å². The summed E-state index contributed by atoms with van der Waals surface area (Å²) in [7, 11) is 0. The molecule has 4 unspecified atom stereocenters. The molecule has 2 N–H and O–H groups in total. The van der Waals surface area contributed by atoms with Crippen molar-refractivity contribution < 1.29 is 14.3 Å². The van der Waals surface area contributed by atoms with Crippen LogP contribution in [-0.4, -0.2) is 22.7 Å². The minimum Gasteiger partial charge on any atom is -0.459 e. The summed E-state index contributed by atoms with van der Waals surface area (Å²) >= 11 is 5.93. The third-order valence-electron chi connectivity index (χ3n) is 10.1. The Hall–Kier alpha value is -3.31. The summed E-state index contributed by atoms with van der Waals surface area (Å²) in [6.45, 7) is 6.72. The zero-order valence-corrected chi connectivity index (χ0v) is 26.5. The minimum absolute atomic E-state index is 0.0869. The van der Waals surface area contributed by atoms with Crippen molar-refractivity contribution >= 4 is 34.5 Å². The lowest BCUT2D eigenvalue weighted by Crippen LogP contribution is -2.35. The van der Waals surface area contributed by atoms with Crippen LogP contribution in [0, 0.1) is 30.6 Å². The number of rotatable bonds is 7. The number of esters is 1. The topological polar surface area (TPSA) is 69.4 Å². The number of hydrogen-bond donors (Lipinski definition) is 1. The predicted octanol–water partition coefficient (Wildman–Crippen LogP) is 8.46. The first-order valence-electron chi connectivity index (χ1n) is 16.1. The van der Waals surface area contributed by atoms with Gasteiger partial charge in [-0.05, 0) is 99.2 Å². The van der Waals surface area contributed by atoms with E-state index in [1.54, 1.807) is 0 Å². The van der Waals surface area contributed by atoms with Gasteiger partial charge in [-0.25, -0.2) is 4.79 Å². The molecule has 0 saturated heterocycles. The first-order chi connectivity index (χ1) is 20.7. The number of carbonyl (C=O) groups excluding carboxylic acids is 2. The fourth-order valence-electron chi connectivity index (χ4n) is 7.94. The number of aryl methyl sites for hydroxylation is 3. The number of carbonyl (C=O) groups is 2. The third kappa shape index (κ3) is 6.06. The number of nitrogens with two attached hydrogens (primary N) is 1. The highest BCUT2D eigenvalue weighted by Crippen LogP contribution is 2.45. The Morgan fingerprint density at radius 2 is 1.63 bits per heavy atom. The summed E-state index contributed by atoms with van der Waals surface area (Å²) in [5, 5.41) is 0. The summed E-state index contributed by atoms with van der Waals surface area (Å²) in [5.41, 5.74) is 12.8. The summed E-state index contributed by atoms with van der Waals surface area (Å²) in [6.07, 6.45) is 9.33. The van der Waals surface area contributed by atoms with Gasteiger partial charge in [-0.2, -0.15) is 0 Å². The molecule has 0 aromatic heterocycles. The molecule has 3 aliphatic rings. The Balaban J connectivity index is 1.27. The molecule has 4 atom stereocenters. The molecule has 3 aromatic rings. The number of ether oxygens (including phenoxy) is 1. The van der Waals surface area contributed by atoms with Crippen molar-refractivity contribution in [2.24, 2.45) is 23.7 Å². The number of ketones is 1. The van der Waals surface area contributed by atoms with Crippen LogP contribution < -0.4 is 5.73 Å². The zero-order valence-electron chi connectivity index (χ0n) is 25.7. The second kappa shape index (κ2) is 12.4. The van der Waals surface area contributed by atoms with Crippen LogP contribution in [-0.2, 0) is 17.6 Å². The first-order valence-corrected chi connectivity index (χ1v) is 16.5. The van der Waals surface area contributed by atoms with Crippen LogP contribution in [0.25, 0.3) is 0 Å². The summed E-state index contributed by atoms with van der Waals surface area (Å²) < 4.78 is 6.21. The van der Waals surface area contributed by atoms with Gasteiger partial charge in [0.1, 0.15) is 6.10 Å². The van der Waals surface area contributed by atoms with Crippen LogP contribution in [0.5, 0.6) is 0 Å². The molecule has 0 aliphatic heterocycles. The van der Waals surface area contributed by atoms with Gasteiger partial charge in [0, 0.05) is 22.3 Å². The van der Waals surface area contributed by atoms with E-state index in [4.69, 9.17) is 22.7 Å². The van der Waals surface area contributed by atoms with Gasteiger partial charge in [-0.3, -0.25) is 4.79 Å². The van der Waals surface area contributed by atoms with Gasteiger partial charge in [-0.15, -0.1) is 0 Å². The van der Waals surface area contributed by atoms with Crippen LogP contribution in [0.4, 0.5) is 5.69 Å². The largest absolute Gasteiger partial charge is 0.459 e. The van der Waals surface area contributed by atoms with E-state index in [9.17, 15) is 9.59 Å². The standard InChI is InChI=1S/C38H43NO3S/c1-22(2)18-25-13-14-27-20-29(17-16-26(27)19-25)42-38(41)32-21-28(15-12-24-10-8-23(3)9-11-24)33-34(35(32)39)37(43)31-7-5-4-6-30(31)36(33)40/h4-11,21-22,25-27,29H,12-20,39H2,1-3H3. The lowest BCUT2D eigenvalue weighted by Gasteiger charge is -2.42. The maximum Gasteiger partial charge on any atom is 0.340 e. The lowest BCUT2D eigenvalue weighted by molar-refractivity contribution is -0.00672. The molecule has 6 rings (SSSR count).